The molecule has 0 atom stereocenters. The molecule has 0 radical (unpaired) electrons. The normalized spacial score (nSPS) is 19.9. The summed E-state index contributed by atoms with van der Waals surface area (Å²) in [4.78, 5) is 38.2. The number of pyridine rings is 1. The van der Waals surface area contributed by atoms with Gasteiger partial charge in [-0.1, -0.05) is 12.1 Å². The Labute approximate surface area is 279 Å². The van der Waals surface area contributed by atoms with Crippen LogP contribution in [0, 0.1) is 11.3 Å². The number of hydrogen-bond acceptors (Lipinski definition) is 13. The largest absolute Gasteiger partial charge is 0.461 e. The molecule has 4 aromatic heterocycles. The van der Waals surface area contributed by atoms with E-state index in [9.17, 15) is 10.1 Å². The number of ether oxygens (including phenoxy) is 2. The lowest BCUT2D eigenvalue weighted by molar-refractivity contribution is -0.112. The van der Waals surface area contributed by atoms with E-state index in [0.29, 0.717) is 73.0 Å². The van der Waals surface area contributed by atoms with E-state index < -0.39 is 5.60 Å². The number of thiophene rings is 1. The second-order valence-corrected chi connectivity index (χ2v) is 14.3. The number of carbonyl (C=O) groups excluding carboxylic acids is 1. The zero-order chi connectivity index (χ0) is 32.5. The van der Waals surface area contributed by atoms with Crippen LogP contribution in [0.2, 0.25) is 0 Å². The highest BCUT2D eigenvalue weighted by Crippen LogP contribution is 2.42. The number of hydrogen-bond donors (Lipinski definition) is 1. The van der Waals surface area contributed by atoms with Gasteiger partial charge in [0, 0.05) is 28.4 Å². The van der Waals surface area contributed by atoms with E-state index in [1.165, 1.54) is 41.5 Å². The molecule has 1 amide bonds. The molecule has 4 fully saturated rings. The quantitative estimate of drug-likeness (QED) is 0.291. The van der Waals surface area contributed by atoms with Crippen molar-refractivity contribution in [2.45, 2.75) is 36.8 Å². The van der Waals surface area contributed by atoms with Crippen LogP contribution in [-0.4, -0.2) is 109 Å². The number of nitrogens with two attached hydrogens (primary N) is 1. The Kier molecular flexibility index (Phi) is 6.75. The molecule has 0 saturated carbocycles. The minimum atomic E-state index is -0.532. The fourth-order valence-corrected chi connectivity index (χ4v) is 8.99. The van der Waals surface area contributed by atoms with E-state index in [1.54, 1.807) is 11.1 Å². The second-order valence-electron chi connectivity index (χ2n) is 13.2. The molecule has 0 aliphatic carbocycles. The fourth-order valence-electron chi connectivity index (χ4n) is 8.04. The van der Waals surface area contributed by atoms with Crippen LogP contribution >= 0.6 is 11.3 Å². The number of nitrogen functional groups attached to an aromatic ring is 1. The molecule has 9 rings (SSSR count). The number of aromatic nitrogens is 6. The Balaban J connectivity index is 1.06. The Bertz CT molecular complexity index is 2090. The Morgan fingerprint density at radius 2 is 2.00 bits per heavy atom. The molecular formula is C33H33N11O3S. The number of benzene rings is 1. The van der Waals surface area contributed by atoms with Gasteiger partial charge in [-0.2, -0.15) is 25.0 Å². The number of nitrogens with zero attached hydrogens (tertiary/aromatic N) is 10. The summed E-state index contributed by atoms with van der Waals surface area (Å²) in [6.07, 6.45) is 9.16. The van der Waals surface area contributed by atoms with Crippen LogP contribution in [0.4, 0.5) is 15.6 Å². The molecule has 4 aliphatic heterocycles. The van der Waals surface area contributed by atoms with Crippen molar-refractivity contribution < 1.29 is 14.3 Å². The van der Waals surface area contributed by atoms with Gasteiger partial charge < -0.3 is 25.0 Å². The number of amides is 1. The lowest BCUT2D eigenvalue weighted by Crippen LogP contribution is -2.71. The topological polar surface area (TPSA) is 164 Å². The molecule has 1 aromatic carbocycles. The first-order chi connectivity index (χ1) is 23.4. The van der Waals surface area contributed by atoms with Gasteiger partial charge in [0.05, 0.1) is 53.9 Å². The number of anilines is 2. The smallest absolute Gasteiger partial charge is 0.346 e. The molecule has 14 nitrogen and oxygen atoms in total. The van der Waals surface area contributed by atoms with Crippen molar-refractivity contribution in [3.63, 3.8) is 0 Å². The third-order valence-corrected chi connectivity index (χ3v) is 11.3. The molecule has 244 valence electrons. The van der Waals surface area contributed by atoms with Crippen LogP contribution in [0.3, 0.4) is 0 Å². The van der Waals surface area contributed by atoms with Crippen molar-refractivity contribution in [3.8, 4) is 23.3 Å². The molecular weight excluding hydrogens is 631 g/mol. The number of fused-ring (bicyclic) bond motifs is 3. The van der Waals surface area contributed by atoms with Gasteiger partial charge in [-0.05, 0) is 50.9 Å². The Hall–Kier alpha value is -4.91. The van der Waals surface area contributed by atoms with Crippen molar-refractivity contribution in [3.05, 3.63) is 48.7 Å². The average molecular weight is 664 g/mol. The standard InChI is InChI=1S/C33H33N11O3S/c34-13-22-27-21(4-1-5-26(27)48-28(22)35)24-12-25-23(14-37-24)29(40-30(39-25)46-18-32-6-2-8-43(32)9-3-7-32)42-16-33(17-42)15-41(10-11-47-33)31(45)44-20-36-19-38-44/h1,4-5,12,14,19-20H,2-3,6-11,15-18,35H2. The zero-order valence-corrected chi connectivity index (χ0v) is 27.0. The zero-order valence-electron chi connectivity index (χ0n) is 26.2. The van der Waals surface area contributed by atoms with Gasteiger partial charge in [0.15, 0.2) is 0 Å². The predicted molar refractivity (Wildman–Crippen MR) is 179 cm³/mol. The number of morpholine rings is 1. The highest BCUT2D eigenvalue weighted by molar-refractivity contribution is 7.23. The van der Waals surface area contributed by atoms with Gasteiger partial charge in [-0.15, -0.1) is 11.3 Å². The third-order valence-electron chi connectivity index (χ3n) is 10.3. The first kappa shape index (κ1) is 29.2. The second kappa shape index (κ2) is 11.1. The van der Waals surface area contributed by atoms with Crippen LogP contribution in [0.25, 0.3) is 32.2 Å². The van der Waals surface area contributed by atoms with Gasteiger partial charge in [0.1, 0.15) is 41.8 Å². The summed E-state index contributed by atoms with van der Waals surface area (Å²) in [5, 5.41) is 16.0. The van der Waals surface area contributed by atoms with Gasteiger partial charge >= 0.3 is 12.0 Å². The van der Waals surface area contributed by atoms with Crippen LogP contribution in [0.5, 0.6) is 6.01 Å². The average Bonchev–Trinajstić information content (AvgIpc) is 3.89. The minimum Gasteiger partial charge on any atom is -0.461 e. The lowest BCUT2D eigenvalue weighted by atomic mass is 9.91. The minimum absolute atomic E-state index is 0.0426. The molecule has 4 aliphatic rings. The van der Waals surface area contributed by atoms with Gasteiger partial charge in [-0.25, -0.2) is 9.78 Å². The number of carbonyl (C=O) groups is 1. The SMILES string of the molecule is N#Cc1c(N)sc2cccc(-c3cc4nc(OCC56CCCN5CCC6)nc(N5CC6(CN(C(=O)n7cncn7)CCO6)C5)c4cn3)c12. The first-order valence-electron chi connectivity index (χ1n) is 16.2. The van der Waals surface area contributed by atoms with E-state index in [4.69, 9.17) is 30.2 Å². The van der Waals surface area contributed by atoms with Crippen molar-refractivity contribution in [1.29, 1.82) is 5.26 Å². The van der Waals surface area contributed by atoms with Crippen molar-refractivity contribution in [2.75, 3.05) is 63.1 Å². The summed E-state index contributed by atoms with van der Waals surface area (Å²) in [7, 11) is 0. The highest BCUT2D eigenvalue weighted by Gasteiger charge is 2.50. The first-order valence-corrected chi connectivity index (χ1v) is 17.1. The van der Waals surface area contributed by atoms with Crippen LogP contribution in [0.15, 0.2) is 43.1 Å². The van der Waals surface area contributed by atoms with Crippen molar-refractivity contribution in [1.82, 2.24) is 39.5 Å². The molecule has 0 bridgehead atoms. The summed E-state index contributed by atoms with van der Waals surface area (Å²) in [6.45, 7) is 5.19. The van der Waals surface area contributed by atoms with Crippen LogP contribution < -0.4 is 15.4 Å². The Morgan fingerprint density at radius 3 is 2.79 bits per heavy atom. The molecule has 48 heavy (non-hydrogen) atoms. The molecule has 15 heteroatoms. The van der Waals surface area contributed by atoms with Gasteiger partial charge in [0.25, 0.3) is 0 Å². The van der Waals surface area contributed by atoms with Gasteiger partial charge in [0.2, 0.25) is 0 Å². The monoisotopic (exact) mass is 663 g/mol. The molecule has 4 saturated heterocycles. The van der Waals surface area contributed by atoms with E-state index in [1.807, 2.05) is 24.3 Å². The molecule has 0 unspecified atom stereocenters. The third kappa shape index (κ3) is 4.66. The van der Waals surface area contributed by atoms with Gasteiger partial charge in [-0.3, -0.25) is 9.88 Å². The molecule has 5 aromatic rings. The molecule has 8 heterocycles. The lowest BCUT2D eigenvalue weighted by Gasteiger charge is -2.54. The summed E-state index contributed by atoms with van der Waals surface area (Å²) in [5.41, 5.74) is 8.40. The maximum absolute atomic E-state index is 13.0. The summed E-state index contributed by atoms with van der Waals surface area (Å²) in [6, 6.07) is 10.2. The van der Waals surface area contributed by atoms with E-state index in [0.717, 1.165) is 47.0 Å². The molecule has 2 N–H and O–H groups in total. The summed E-state index contributed by atoms with van der Waals surface area (Å²) >= 11 is 1.40. The Morgan fingerprint density at radius 1 is 1.15 bits per heavy atom. The maximum atomic E-state index is 13.0. The molecule has 1 spiro atoms. The highest BCUT2D eigenvalue weighted by atomic mass is 32.1. The van der Waals surface area contributed by atoms with E-state index in [2.05, 4.69) is 26.0 Å². The predicted octanol–water partition coefficient (Wildman–Crippen LogP) is 3.52. The van der Waals surface area contributed by atoms with Crippen LogP contribution in [0.1, 0.15) is 31.2 Å². The van der Waals surface area contributed by atoms with E-state index in [-0.39, 0.29) is 11.6 Å². The fraction of sp³-hybridized carbons (Fsp3) is 0.424. The maximum Gasteiger partial charge on any atom is 0.346 e. The van der Waals surface area contributed by atoms with Crippen molar-refractivity contribution in [2.24, 2.45) is 0 Å². The number of rotatable bonds is 5. The summed E-state index contributed by atoms with van der Waals surface area (Å²) in [5.74, 6) is 0.714. The number of nitriles is 1. The van der Waals surface area contributed by atoms with Crippen LogP contribution in [-0.2, 0) is 4.74 Å². The van der Waals surface area contributed by atoms with E-state index >= 15 is 0 Å². The summed E-state index contributed by atoms with van der Waals surface area (Å²) < 4.78 is 14.9. The van der Waals surface area contributed by atoms with Crippen molar-refractivity contribution >= 4 is 49.2 Å².